The van der Waals surface area contributed by atoms with Gasteiger partial charge in [0.25, 0.3) is 0 Å². The molecule has 17 nitrogen and oxygen atoms in total. The Hall–Kier alpha value is -6.97. The van der Waals surface area contributed by atoms with E-state index in [2.05, 4.69) is 34.7 Å². The van der Waals surface area contributed by atoms with Gasteiger partial charge in [0.1, 0.15) is 24.0 Å². The number of hydrogen-bond acceptors (Lipinski definition) is 12. The van der Waals surface area contributed by atoms with Crippen LogP contribution in [0.3, 0.4) is 0 Å². The SMILES string of the molecule is C[C@]12C=CC(=O)C=C1CC[C@@H]1[C@@H]2[C@@H](O)C[C@@]2(C)[C@H]1C[C@H]1O[C@@H](c3ccc(OC45CC(NC(=O)[C@H](CCC(=O)O)NC(=O)CNC(=O)CCC(=O)N6Cc7ccccc7C#Cc7ccccc76)(C4)C5)cc3)O[C@]12C(=O)CO. The van der Waals surface area contributed by atoms with Crippen molar-refractivity contribution < 1.29 is 63.1 Å². The van der Waals surface area contributed by atoms with Gasteiger partial charge in [0.2, 0.25) is 23.6 Å². The second kappa shape index (κ2) is 19.2. The second-order valence-electron chi connectivity index (χ2n) is 22.7. The number of hydrogen-bond donors (Lipinski definition) is 6. The molecule has 3 aromatic carbocycles. The van der Waals surface area contributed by atoms with Gasteiger partial charge in [-0.25, -0.2) is 0 Å². The molecule has 9 aliphatic rings. The van der Waals surface area contributed by atoms with Gasteiger partial charge < -0.3 is 50.4 Å². The molecule has 4 amide bonds. The number of carboxylic acids is 1. The minimum Gasteiger partial charge on any atom is -0.487 e. The minimum atomic E-state index is -1.49. The van der Waals surface area contributed by atoms with Crippen molar-refractivity contribution in [2.24, 2.45) is 28.6 Å². The van der Waals surface area contributed by atoms with E-state index in [1.165, 1.54) is 0 Å². The van der Waals surface area contributed by atoms with Gasteiger partial charge in [0, 0.05) is 72.0 Å². The molecule has 10 atom stereocenters. The van der Waals surface area contributed by atoms with Crippen molar-refractivity contribution in [3.63, 3.8) is 0 Å². The average molecular weight is 1040 g/mol. The van der Waals surface area contributed by atoms with Gasteiger partial charge in [0.05, 0.1) is 36.5 Å². The number of anilines is 1. The zero-order valence-electron chi connectivity index (χ0n) is 42.5. The highest BCUT2D eigenvalue weighted by Gasteiger charge is 2.76. The van der Waals surface area contributed by atoms with E-state index < -0.39 is 94.7 Å². The minimum absolute atomic E-state index is 0.0352. The Morgan fingerprint density at radius 3 is 2.38 bits per heavy atom. The summed E-state index contributed by atoms with van der Waals surface area (Å²) in [6.45, 7) is 3.13. The Morgan fingerprint density at radius 1 is 0.908 bits per heavy atom. The maximum Gasteiger partial charge on any atom is 0.303 e. The van der Waals surface area contributed by atoms with Crippen molar-refractivity contribution in [3.05, 3.63) is 119 Å². The lowest BCUT2D eigenvalue weighted by Gasteiger charge is -2.69. The number of aliphatic carboxylic acids is 1. The zero-order chi connectivity index (χ0) is 53.4. The number of Topliss-reactive ketones (excluding diaryl/α,β-unsaturated/α-hetero) is 1. The first kappa shape index (κ1) is 51.2. The molecule has 0 radical (unpaired) electrons. The summed E-state index contributed by atoms with van der Waals surface area (Å²) in [6.07, 6.45) is 5.66. The first-order valence-corrected chi connectivity index (χ1v) is 26.4. The molecule has 17 heteroatoms. The van der Waals surface area contributed by atoms with Gasteiger partial charge in [-0.15, -0.1) is 0 Å². The standard InChI is InChI=1S/C59H62N4O13/c1-55-24-23-39(65)25-38(55)15-18-41-42-26-47-59(46(67)30-64,56(42,2)27-45(66)52(41)55)76-54(74-47)36-13-16-40(17-14-36)75-58-31-57(32-58,33-58)62-53(73)43(19-22-51(71)72)61-49(69)28-60-48(68)20-21-50(70)63-29-37-9-4-3-7-34(37)11-12-35-8-5-6-10-44(35)63/h3-10,13-14,16-17,23-25,41-43,45,47,52,54,64,66H,15,18-22,26-33H2,1-2H3,(H,60,68)(H,61,69)(H,62,73)(H,71,72)/t41-,42-,43-,45-,47+,52+,54+,55-,56-,57?,58?,59+/m0/s1. The predicted octanol–water partition coefficient (Wildman–Crippen LogP) is 4.65. The van der Waals surface area contributed by atoms with Crippen LogP contribution in [-0.4, -0.2) is 105 Å². The van der Waals surface area contributed by atoms with Crippen LogP contribution in [0.2, 0.25) is 0 Å². The number of nitrogens with one attached hydrogen (secondary N) is 3. The highest BCUT2D eigenvalue weighted by Crippen LogP contribution is 2.70. The van der Waals surface area contributed by atoms with Crippen LogP contribution in [-0.2, 0) is 49.6 Å². The fourth-order valence-corrected chi connectivity index (χ4v) is 14.7. The molecule has 6 N–H and O–H groups in total. The number of amides is 4. The lowest BCUT2D eigenvalue weighted by atomic mass is 9.46. The summed E-state index contributed by atoms with van der Waals surface area (Å²) in [5, 5.41) is 40.0. The van der Waals surface area contributed by atoms with E-state index in [0.717, 1.165) is 23.1 Å². The van der Waals surface area contributed by atoms with E-state index >= 15 is 0 Å². The van der Waals surface area contributed by atoms with Gasteiger partial charge in [-0.2, -0.15) is 0 Å². The topological polar surface area (TPSA) is 247 Å². The molecule has 12 rings (SSSR count). The van der Waals surface area contributed by atoms with Crippen molar-refractivity contribution in [1.82, 2.24) is 16.0 Å². The fourth-order valence-electron chi connectivity index (χ4n) is 14.7. The quantitative estimate of drug-likeness (QED) is 0.107. The lowest BCUT2D eigenvalue weighted by molar-refractivity contribution is -0.204. The van der Waals surface area contributed by atoms with Gasteiger partial charge >= 0.3 is 5.97 Å². The van der Waals surface area contributed by atoms with Crippen LogP contribution in [0.1, 0.15) is 113 Å². The van der Waals surface area contributed by atoms with E-state index in [4.69, 9.17) is 14.2 Å². The molecule has 0 aromatic heterocycles. The van der Waals surface area contributed by atoms with Gasteiger partial charge in [-0.1, -0.05) is 79.8 Å². The number of ether oxygens (including phenoxy) is 3. The Morgan fingerprint density at radius 2 is 1.63 bits per heavy atom. The van der Waals surface area contributed by atoms with E-state index in [0.29, 0.717) is 54.7 Å². The molecule has 2 bridgehead atoms. The van der Waals surface area contributed by atoms with Crippen LogP contribution >= 0.6 is 0 Å². The van der Waals surface area contributed by atoms with E-state index in [1.807, 2.05) is 73.7 Å². The van der Waals surface area contributed by atoms with E-state index in [9.17, 15) is 48.9 Å². The number of rotatable bonds is 16. The molecule has 396 valence electrons. The predicted molar refractivity (Wildman–Crippen MR) is 273 cm³/mol. The van der Waals surface area contributed by atoms with Crippen LogP contribution in [0.5, 0.6) is 5.75 Å². The summed E-state index contributed by atoms with van der Waals surface area (Å²) in [5.41, 5.74) is 0.700. The van der Waals surface area contributed by atoms with Crippen molar-refractivity contribution in [3.8, 4) is 17.6 Å². The Balaban J connectivity index is 0.666. The number of aliphatic hydroxyl groups excluding tert-OH is 2. The number of carboxylic acid groups (broad SMARTS) is 1. The highest BCUT2D eigenvalue weighted by molar-refractivity contribution is 6.01. The van der Waals surface area contributed by atoms with Crippen molar-refractivity contribution in [2.75, 3.05) is 18.1 Å². The Bertz CT molecular complexity index is 3050. The summed E-state index contributed by atoms with van der Waals surface area (Å²) in [4.78, 5) is 92.8. The normalized spacial score (nSPS) is 33.1. The summed E-state index contributed by atoms with van der Waals surface area (Å²) >= 11 is 0. The number of para-hydroxylation sites is 1. The number of benzene rings is 3. The maximum absolute atomic E-state index is 14.0. The fraction of sp³-hybridized carbons (Fsp3) is 0.475. The number of carbonyl (C=O) groups is 7. The highest BCUT2D eigenvalue weighted by atomic mass is 16.7. The third-order valence-electron chi connectivity index (χ3n) is 18.1. The molecule has 2 aliphatic heterocycles. The molecule has 6 saturated carbocycles. The average Bonchev–Trinajstić information content (AvgIpc) is 3.95. The molecule has 0 unspecified atom stereocenters. The van der Waals surface area contributed by atoms with Gasteiger partial charge in [0.15, 0.2) is 23.5 Å². The van der Waals surface area contributed by atoms with Crippen LogP contribution < -0.4 is 25.6 Å². The number of fused-ring (bicyclic) bond motifs is 9. The third kappa shape index (κ3) is 8.72. The summed E-state index contributed by atoms with van der Waals surface area (Å²) in [7, 11) is 0. The zero-order valence-corrected chi connectivity index (χ0v) is 42.5. The number of allylic oxidation sites excluding steroid dienone is 4. The molecule has 7 aliphatic carbocycles. The van der Waals surface area contributed by atoms with Crippen LogP contribution in [0, 0.1) is 40.4 Å². The molecule has 1 saturated heterocycles. The Labute approximate surface area is 439 Å². The molecule has 7 fully saturated rings. The van der Waals surface area contributed by atoms with Crippen molar-refractivity contribution in [2.45, 2.75) is 132 Å². The van der Waals surface area contributed by atoms with Crippen LogP contribution in [0.25, 0.3) is 0 Å². The molecule has 76 heavy (non-hydrogen) atoms. The third-order valence-corrected chi connectivity index (χ3v) is 18.1. The molecule has 0 spiro atoms. The first-order chi connectivity index (χ1) is 36.4. The number of ketones is 2. The second-order valence-corrected chi connectivity index (χ2v) is 22.7. The molecular formula is C59H62N4O13. The smallest absolute Gasteiger partial charge is 0.303 e. The largest absolute Gasteiger partial charge is 0.487 e. The van der Waals surface area contributed by atoms with Gasteiger partial charge in [-0.05, 0) is 92.0 Å². The molecule has 3 aromatic rings. The van der Waals surface area contributed by atoms with Crippen LogP contribution in [0.15, 0.2) is 96.6 Å². The molecule has 2 heterocycles. The van der Waals surface area contributed by atoms with Crippen molar-refractivity contribution in [1.29, 1.82) is 0 Å². The summed E-state index contributed by atoms with van der Waals surface area (Å²) < 4.78 is 19.8. The van der Waals surface area contributed by atoms with Gasteiger partial charge in [-0.3, -0.25) is 33.6 Å². The van der Waals surface area contributed by atoms with Crippen molar-refractivity contribution >= 4 is 46.9 Å². The summed E-state index contributed by atoms with van der Waals surface area (Å²) in [5.74, 6) is 2.98. The lowest BCUT2D eigenvalue weighted by Crippen LogP contribution is -2.81. The maximum atomic E-state index is 14.0. The van der Waals surface area contributed by atoms with E-state index in [-0.39, 0.29) is 68.1 Å². The number of carbonyl (C=O) groups excluding carboxylic acids is 6. The number of aliphatic hydroxyl groups is 2. The summed E-state index contributed by atoms with van der Waals surface area (Å²) in [6, 6.07) is 20.9. The number of nitrogens with zero attached hydrogens (tertiary/aromatic N) is 1. The van der Waals surface area contributed by atoms with E-state index in [1.54, 1.807) is 29.2 Å². The monoisotopic (exact) mass is 1030 g/mol. The molecular weight excluding hydrogens is 973 g/mol. The first-order valence-electron chi connectivity index (χ1n) is 26.4. The van der Waals surface area contributed by atoms with Crippen LogP contribution in [0.4, 0.5) is 5.69 Å². The Kier molecular flexibility index (Phi) is 13.0.